The maximum Gasteiger partial charge on any atom is 0.334 e. The molecular weight excluding hydrogens is 511 g/mol. The highest BCUT2D eigenvalue weighted by atomic mass is 35.5. The first kappa shape index (κ1) is 25.1. The number of nitrogens with one attached hydrogen (secondary N) is 3. The molecule has 4 rings (SSSR count). The Morgan fingerprint density at radius 1 is 1.17 bits per heavy atom. The van der Waals surface area contributed by atoms with Crippen LogP contribution in [-0.4, -0.2) is 35.1 Å². The molecule has 3 N–H and O–H groups in total. The quantitative estimate of drug-likeness (QED) is 0.314. The Hall–Kier alpha value is -3.96. The maximum atomic E-state index is 14.2. The number of hydrogen-bond donors (Lipinski definition) is 3. The maximum absolute atomic E-state index is 14.2. The normalized spacial score (nSPS) is 11.8. The van der Waals surface area contributed by atoms with Crippen molar-refractivity contribution in [1.29, 1.82) is 0 Å². The number of halogens is 2. The van der Waals surface area contributed by atoms with E-state index in [0.29, 0.717) is 9.21 Å². The molecule has 0 aliphatic heterocycles. The molecule has 2 aromatic carbocycles. The molecule has 12 heteroatoms. The minimum atomic E-state index is -1.06. The zero-order valence-corrected chi connectivity index (χ0v) is 20.6. The van der Waals surface area contributed by atoms with E-state index in [-0.39, 0.29) is 34.4 Å². The molecule has 0 aliphatic carbocycles. The van der Waals surface area contributed by atoms with Gasteiger partial charge in [0.15, 0.2) is 6.04 Å². The number of nitrogens with zero attached hydrogens (tertiary/aromatic N) is 1. The fourth-order valence-corrected chi connectivity index (χ4v) is 4.70. The van der Waals surface area contributed by atoms with Gasteiger partial charge in [0.05, 0.1) is 33.2 Å². The van der Waals surface area contributed by atoms with E-state index in [9.17, 15) is 23.6 Å². The monoisotopic (exact) mass is 530 g/mol. The van der Waals surface area contributed by atoms with Crippen LogP contribution < -0.4 is 21.9 Å². The highest BCUT2D eigenvalue weighted by molar-refractivity contribution is 7.16. The molecule has 1 unspecified atom stereocenters. The lowest BCUT2D eigenvalue weighted by molar-refractivity contribution is -0.145. The van der Waals surface area contributed by atoms with Gasteiger partial charge >= 0.3 is 11.7 Å². The molecular formula is C24H20ClFN4O5S. The lowest BCUT2D eigenvalue weighted by atomic mass is 10.1. The van der Waals surface area contributed by atoms with Crippen molar-refractivity contribution in [3.63, 3.8) is 0 Å². The van der Waals surface area contributed by atoms with Crippen LogP contribution in [-0.2, 0) is 9.53 Å². The number of carbonyl (C=O) groups is 2. The van der Waals surface area contributed by atoms with Crippen molar-refractivity contribution in [2.75, 3.05) is 19.0 Å². The predicted octanol–water partition coefficient (Wildman–Crippen LogP) is 3.61. The molecule has 0 saturated heterocycles. The molecule has 0 saturated carbocycles. The van der Waals surface area contributed by atoms with Gasteiger partial charge in [0.2, 0.25) is 0 Å². The van der Waals surface area contributed by atoms with E-state index < -0.39 is 35.0 Å². The van der Waals surface area contributed by atoms with Crippen LogP contribution in [0.25, 0.3) is 16.6 Å². The number of rotatable bonds is 7. The fraction of sp³-hybridized carbons (Fsp3) is 0.167. The number of ether oxygens (including phenoxy) is 1. The predicted molar refractivity (Wildman–Crippen MR) is 136 cm³/mol. The van der Waals surface area contributed by atoms with Crippen LogP contribution in [0, 0.1) is 5.82 Å². The average Bonchev–Trinajstić information content (AvgIpc) is 3.29. The zero-order valence-electron chi connectivity index (χ0n) is 19.1. The number of aromatic amines is 1. The molecule has 0 fully saturated rings. The average molecular weight is 531 g/mol. The summed E-state index contributed by atoms with van der Waals surface area (Å²) in [5, 5.41) is 5.26. The molecule has 0 bridgehead atoms. The number of carbonyl (C=O) groups excluding carboxylic acids is 2. The minimum absolute atomic E-state index is 0.0141. The summed E-state index contributed by atoms with van der Waals surface area (Å²) in [7, 11) is 1.52. The number of H-pyrrole nitrogens is 1. The topological polar surface area (TPSA) is 122 Å². The summed E-state index contributed by atoms with van der Waals surface area (Å²) in [6, 6.07) is 10.2. The summed E-state index contributed by atoms with van der Waals surface area (Å²) < 4.78 is 20.6. The third-order valence-electron chi connectivity index (χ3n) is 5.32. The van der Waals surface area contributed by atoms with Gasteiger partial charge < -0.3 is 20.4 Å². The lowest BCUT2D eigenvalue weighted by Gasteiger charge is -2.16. The van der Waals surface area contributed by atoms with Crippen molar-refractivity contribution in [2.24, 2.45) is 0 Å². The summed E-state index contributed by atoms with van der Waals surface area (Å²) in [6.45, 7) is 1.79. The summed E-state index contributed by atoms with van der Waals surface area (Å²) in [5.74, 6) is -1.86. The highest BCUT2D eigenvalue weighted by Gasteiger charge is 2.26. The van der Waals surface area contributed by atoms with E-state index >= 15 is 0 Å². The number of anilines is 1. The van der Waals surface area contributed by atoms with Crippen LogP contribution in [0.1, 0.15) is 28.2 Å². The van der Waals surface area contributed by atoms with Crippen molar-refractivity contribution < 1.29 is 18.7 Å². The molecule has 0 spiro atoms. The molecule has 1 amide bonds. The third kappa shape index (κ3) is 4.88. The first-order valence-corrected chi connectivity index (χ1v) is 11.9. The van der Waals surface area contributed by atoms with Gasteiger partial charge in [-0.2, -0.15) is 0 Å². The largest absolute Gasteiger partial charge is 0.464 e. The zero-order chi connectivity index (χ0) is 26.0. The molecule has 0 aliphatic rings. The number of esters is 1. The summed E-state index contributed by atoms with van der Waals surface area (Å²) >= 11 is 7.11. The number of amides is 1. The van der Waals surface area contributed by atoms with Gasteiger partial charge in [-0.3, -0.25) is 9.59 Å². The van der Waals surface area contributed by atoms with E-state index in [1.165, 1.54) is 37.4 Å². The van der Waals surface area contributed by atoms with Crippen molar-refractivity contribution in [2.45, 2.75) is 13.0 Å². The van der Waals surface area contributed by atoms with Gasteiger partial charge in [-0.05, 0) is 55.5 Å². The van der Waals surface area contributed by atoms with Gasteiger partial charge in [-0.1, -0.05) is 11.6 Å². The molecule has 36 heavy (non-hydrogen) atoms. The van der Waals surface area contributed by atoms with E-state index in [0.717, 1.165) is 22.0 Å². The summed E-state index contributed by atoms with van der Waals surface area (Å²) in [5.41, 5.74) is -0.784. The first-order chi connectivity index (χ1) is 17.2. The molecule has 9 nitrogen and oxygen atoms in total. The first-order valence-electron chi connectivity index (χ1n) is 10.7. The molecule has 2 aromatic heterocycles. The number of aromatic nitrogens is 2. The standard InChI is InChI=1S/C24H20ClFN4O5S/c1-3-35-23(33)20(18-8-9-19(25)36-18)29-21(31)12-4-6-13(7-5-12)30-22(32)14-10-15(26)17(27-2)11-16(14)28-24(30)34/h4-11,20,27H,3H2,1-2H3,(H,28,34)(H,29,31). The fourth-order valence-electron chi connectivity index (χ4n) is 3.60. The third-order valence-corrected chi connectivity index (χ3v) is 6.61. The smallest absolute Gasteiger partial charge is 0.334 e. The van der Waals surface area contributed by atoms with Crippen LogP contribution in [0.15, 0.2) is 58.1 Å². The van der Waals surface area contributed by atoms with Crippen LogP contribution >= 0.6 is 22.9 Å². The Kier molecular flexibility index (Phi) is 7.22. The Morgan fingerprint density at radius 2 is 1.89 bits per heavy atom. The number of thiophene rings is 1. The molecule has 186 valence electrons. The van der Waals surface area contributed by atoms with Crippen molar-refractivity contribution in [3.8, 4) is 5.69 Å². The molecule has 2 heterocycles. The summed E-state index contributed by atoms with van der Waals surface area (Å²) in [6.07, 6.45) is 0. The Labute approximate surface area is 212 Å². The van der Waals surface area contributed by atoms with Gasteiger partial charge in [-0.15, -0.1) is 11.3 Å². The molecule has 0 radical (unpaired) electrons. The van der Waals surface area contributed by atoms with Crippen LogP contribution in [0.3, 0.4) is 0 Å². The van der Waals surface area contributed by atoms with Crippen molar-refractivity contribution in [1.82, 2.24) is 14.9 Å². The highest BCUT2D eigenvalue weighted by Crippen LogP contribution is 2.28. The Morgan fingerprint density at radius 3 is 2.50 bits per heavy atom. The SMILES string of the molecule is CCOC(=O)C(NC(=O)c1ccc(-n2c(=O)[nH]c3cc(NC)c(F)cc3c2=O)cc1)c1ccc(Cl)s1. The Balaban J connectivity index is 1.65. The lowest BCUT2D eigenvalue weighted by Crippen LogP contribution is -2.35. The second-order valence-corrected chi connectivity index (χ2v) is 9.29. The number of hydrogen-bond acceptors (Lipinski definition) is 7. The second-order valence-electron chi connectivity index (χ2n) is 7.55. The van der Waals surface area contributed by atoms with Gasteiger partial charge in [-0.25, -0.2) is 18.5 Å². The van der Waals surface area contributed by atoms with Gasteiger partial charge in [0, 0.05) is 17.5 Å². The van der Waals surface area contributed by atoms with Crippen molar-refractivity contribution in [3.05, 3.63) is 90.0 Å². The van der Waals surface area contributed by atoms with E-state index in [1.54, 1.807) is 19.1 Å². The minimum Gasteiger partial charge on any atom is -0.464 e. The molecule has 1 atom stereocenters. The van der Waals surface area contributed by atoms with E-state index in [1.807, 2.05) is 0 Å². The van der Waals surface area contributed by atoms with Crippen LogP contribution in [0.2, 0.25) is 4.34 Å². The van der Waals surface area contributed by atoms with E-state index in [2.05, 4.69) is 15.6 Å². The molecule has 4 aromatic rings. The summed E-state index contributed by atoms with van der Waals surface area (Å²) in [4.78, 5) is 54.0. The van der Waals surface area contributed by atoms with Crippen molar-refractivity contribution >= 4 is 51.4 Å². The van der Waals surface area contributed by atoms with Gasteiger partial charge in [0.25, 0.3) is 11.5 Å². The number of fused-ring (bicyclic) bond motifs is 1. The second kappa shape index (κ2) is 10.3. The van der Waals surface area contributed by atoms with Gasteiger partial charge in [0.1, 0.15) is 5.82 Å². The van der Waals surface area contributed by atoms with E-state index in [4.69, 9.17) is 16.3 Å². The van der Waals surface area contributed by atoms with Crippen LogP contribution in [0.4, 0.5) is 10.1 Å². The van der Waals surface area contributed by atoms with Crippen LogP contribution in [0.5, 0.6) is 0 Å². The number of benzene rings is 2. The Bertz CT molecular complexity index is 1580.